The molecule has 0 saturated carbocycles. The van der Waals surface area contributed by atoms with Crippen LogP contribution in [0.1, 0.15) is 0 Å². The van der Waals surface area contributed by atoms with Crippen LogP contribution in [0.4, 0.5) is 5.69 Å². The molecule has 0 N–H and O–H groups in total. The number of halogens is 2. The van der Waals surface area contributed by atoms with Crippen LogP contribution in [0.15, 0.2) is 24.3 Å². The van der Waals surface area contributed by atoms with Gasteiger partial charge in [0.15, 0.2) is 0 Å². The van der Waals surface area contributed by atoms with Crippen molar-refractivity contribution in [2.75, 3.05) is 36.9 Å². The number of para-hydroxylation sites is 2. The molecule has 0 unspecified atom stereocenters. The maximum atomic E-state index is 5.75. The van der Waals surface area contributed by atoms with Crippen molar-refractivity contribution >= 4 is 28.9 Å². The second-order valence-corrected chi connectivity index (χ2v) is 3.79. The number of hydrogen-bond acceptors (Lipinski definition) is 2. The predicted molar refractivity (Wildman–Crippen MR) is 66.6 cm³/mol. The van der Waals surface area contributed by atoms with Gasteiger partial charge in [0.1, 0.15) is 5.75 Å². The van der Waals surface area contributed by atoms with Gasteiger partial charge in [-0.25, -0.2) is 0 Å². The summed E-state index contributed by atoms with van der Waals surface area (Å²) in [5.41, 5.74) is 1.04. The molecule has 2 nitrogen and oxygen atoms in total. The quantitative estimate of drug-likeness (QED) is 0.717. The molecule has 15 heavy (non-hydrogen) atoms. The molecule has 0 aromatic heterocycles. The normalized spacial score (nSPS) is 10.1. The van der Waals surface area contributed by atoms with Crippen LogP contribution in [0.3, 0.4) is 0 Å². The van der Waals surface area contributed by atoms with Crippen LogP contribution in [0.25, 0.3) is 0 Å². The van der Waals surface area contributed by atoms with E-state index in [2.05, 4.69) is 4.90 Å². The Balaban J connectivity index is 2.88. The van der Waals surface area contributed by atoms with Crippen molar-refractivity contribution < 1.29 is 4.74 Å². The van der Waals surface area contributed by atoms with Gasteiger partial charge < -0.3 is 9.64 Å². The Morgan fingerprint density at radius 1 is 1.13 bits per heavy atom. The molecule has 4 heteroatoms. The highest BCUT2D eigenvalue weighted by Gasteiger charge is 2.09. The molecule has 84 valence electrons. The van der Waals surface area contributed by atoms with Crippen molar-refractivity contribution in [1.29, 1.82) is 0 Å². The number of nitrogens with zero attached hydrogens (tertiary/aromatic N) is 1. The molecule has 1 rings (SSSR count). The largest absolute Gasteiger partial charge is 0.495 e. The van der Waals surface area contributed by atoms with Crippen LogP contribution in [0, 0.1) is 0 Å². The zero-order valence-corrected chi connectivity index (χ0v) is 10.3. The highest BCUT2D eigenvalue weighted by molar-refractivity contribution is 6.18. The van der Waals surface area contributed by atoms with E-state index < -0.39 is 0 Å². The van der Waals surface area contributed by atoms with Gasteiger partial charge in [-0.3, -0.25) is 0 Å². The minimum absolute atomic E-state index is 0.578. The van der Waals surface area contributed by atoms with Gasteiger partial charge in [0.05, 0.1) is 12.8 Å². The van der Waals surface area contributed by atoms with Crippen LogP contribution < -0.4 is 9.64 Å². The number of benzene rings is 1. The highest BCUT2D eigenvalue weighted by Crippen LogP contribution is 2.27. The molecule has 0 aliphatic rings. The average Bonchev–Trinajstić information content (AvgIpc) is 2.29. The highest BCUT2D eigenvalue weighted by atomic mass is 35.5. The number of rotatable bonds is 6. The van der Waals surface area contributed by atoms with Crippen LogP contribution >= 0.6 is 23.2 Å². The zero-order chi connectivity index (χ0) is 11.1. The second-order valence-electron chi connectivity index (χ2n) is 3.04. The minimum Gasteiger partial charge on any atom is -0.495 e. The molecule has 0 amide bonds. The van der Waals surface area contributed by atoms with Gasteiger partial charge >= 0.3 is 0 Å². The Kier molecular flexibility index (Phi) is 5.66. The molecular weight excluding hydrogens is 233 g/mol. The maximum Gasteiger partial charge on any atom is 0.142 e. The van der Waals surface area contributed by atoms with Gasteiger partial charge in [-0.05, 0) is 12.1 Å². The van der Waals surface area contributed by atoms with Crippen LogP contribution in [0.5, 0.6) is 5.75 Å². The van der Waals surface area contributed by atoms with Crippen molar-refractivity contribution in [2.24, 2.45) is 0 Å². The lowest BCUT2D eigenvalue weighted by atomic mass is 10.2. The van der Waals surface area contributed by atoms with Crippen LogP contribution in [0.2, 0.25) is 0 Å². The summed E-state index contributed by atoms with van der Waals surface area (Å²) in [4.78, 5) is 2.12. The van der Waals surface area contributed by atoms with Crippen molar-refractivity contribution in [1.82, 2.24) is 0 Å². The Labute approximate surface area is 101 Å². The van der Waals surface area contributed by atoms with Gasteiger partial charge in [-0.2, -0.15) is 0 Å². The van der Waals surface area contributed by atoms with Crippen molar-refractivity contribution in [2.45, 2.75) is 0 Å². The number of alkyl halides is 2. The third kappa shape index (κ3) is 3.47. The average molecular weight is 248 g/mol. The number of ether oxygens (including phenoxy) is 1. The van der Waals surface area contributed by atoms with E-state index in [1.807, 2.05) is 24.3 Å². The van der Waals surface area contributed by atoms with E-state index in [0.717, 1.165) is 24.5 Å². The smallest absolute Gasteiger partial charge is 0.142 e. The molecule has 1 aromatic rings. The molecular formula is C11H15Cl2NO. The lowest BCUT2D eigenvalue weighted by molar-refractivity contribution is 0.414. The molecule has 0 bridgehead atoms. The van der Waals surface area contributed by atoms with E-state index in [-0.39, 0.29) is 0 Å². The van der Waals surface area contributed by atoms with Crippen LogP contribution in [-0.2, 0) is 0 Å². The third-order valence-corrected chi connectivity index (χ3v) is 2.47. The minimum atomic E-state index is 0.578. The monoisotopic (exact) mass is 247 g/mol. The molecule has 0 atom stereocenters. The first-order valence-electron chi connectivity index (χ1n) is 4.83. The lowest BCUT2D eigenvalue weighted by Crippen LogP contribution is -2.27. The summed E-state index contributed by atoms with van der Waals surface area (Å²) in [6.45, 7) is 1.54. The molecule has 0 spiro atoms. The fourth-order valence-corrected chi connectivity index (χ4v) is 1.86. The summed E-state index contributed by atoms with van der Waals surface area (Å²) in [6.07, 6.45) is 0. The standard InChI is InChI=1S/C11H15Cl2NO/c1-15-11-5-3-2-4-10(11)14(8-6-12)9-7-13/h2-5H,6-9H2,1H3. The van der Waals surface area contributed by atoms with E-state index in [1.54, 1.807) is 7.11 Å². The summed E-state index contributed by atoms with van der Waals surface area (Å²) in [6, 6.07) is 7.87. The molecule has 0 fully saturated rings. The molecule has 0 heterocycles. The van der Waals surface area contributed by atoms with Crippen molar-refractivity contribution in [3.05, 3.63) is 24.3 Å². The predicted octanol–water partition coefficient (Wildman–Crippen LogP) is 2.98. The van der Waals surface area contributed by atoms with E-state index in [0.29, 0.717) is 11.8 Å². The number of anilines is 1. The van der Waals surface area contributed by atoms with E-state index in [9.17, 15) is 0 Å². The first-order valence-corrected chi connectivity index (χ1v) is 5.90. The van der Waals surface area contributed by atoms with Gasteiger partial charge in [0.25, 0.3) is 0 Å². The van der Waals surface area contributed by atoms with Gasteiger partial charge in [-0.15, -0.1) is 23.2 Å². The molecule has 0 aliphatic carbocycles. The summed E-state index contributed by atoms with van der Waals surface area (Å²) >= 11 is 11.5. The Hall–Kier alpha value is -0.600. The van der Waals surface area contributed by atoms with Gasteiger partial charge in [-0.1, -0.05) is 12.1 Å². The Morgan fingerprint density at radius 2 is 1.73 bits per heavy atom. The Bertz CT molecular complexity index is 288. The molecule has 0 aliphatic heterocycles. The summed E-state index contributed by atoms with van der Waals surface area (Å²) in [7, 11) is 1.67. The van der Waals surface area contributed by atoms with E-state index >= 15 is 0 Å². The fraction of sp³-hybridized carbons (Fsp3) is 0.455. The van der Waals surface area contributed by atoms with Crippen molar-refractivity contribution in [3.63, 3.8) is 0 Å². The zero-order valence-electron chi connectivity index (χ0n) is 8.75. The van der Waals surface area contributed by atoms with Gasteiger partial charge in [0, 0.05) is 24.8 Å². The maximum absolute atomic E-state index is 5.75. The molecule has 0 radical (unpaired) electrons. The first-order chi connectivity index (χ1) is 7.33. The summed E-state index contributed by atoms with van der Waals surface area (Å²) in [5, 5.41) is 0. The number of hydrogen-bond donors (Lipinski definition) is 0. The second kappa shape index (κ2) is 6.81. The molecule has 1 aromatic carbocycles. The summed E-state index contributed by atoms with van der Waals surface area (Å²) in [5.74, 6) is 2.01. The lowest BCUT2D eigenvalue weighted by Gasteiger charge is -2.24. The third-order valence-electron chi connectivity index (χ3n) is 2.13. The van der Waals surface area contributed by atoms with E-state index in [1.165, 1.54) is 0 Å². The summed E-state index contributed by atoms with van der Waals surface area (Å²) < 4.78 is 5.29. The molecule has 0 saturated heterocycles. The van der Waals surface area contributed by atoms with Crippen LogP contribution in [-0.4, -0.2) is 32.0 Å². The Morgan fingerprint density at radius 3 is 2.27 bits per heavy atom. The number of methoxy groups -OCH3 is 1. The topological polar surface area (TPSA) is 12.5 Å². The fourth-order valence-electron chi connectivity index (χ4n) is 1.45. The van der Waals surface area contributed by atoms with E-state index in [4.69, 9.17) is 27.9 Å². The van der Waals surface area contributed by atoms with Crippen molar-refractivity contribution in [3.8, 4) is 5.75 Å². The first kappa shape index (κ1) is 12.5. The SMILES string of the molecule is COc1ccccc1N(CCCl)CCCl. The van der Waals surface area contributed by atoms with Gasteiger partial charge in [0.2, 0.25) is 0 Å².